The molecular formula is C38H40N4O6. The molecule has 4 rings (SSSR count). The molecule has 0 saturated heterocycles. The molecule has 2 atom stereocenters. The highest BCUT2D eigenvalue weighted by atomic mass is 16.5. The minimum Gasteiger partial charge on any atom is -0.497 e. The first kappa shape index (κ1) is 35.0. The summed E-state index contributed by atoms with van der Waals surface area (Å²) < 4.78 is 10.4. The SMILES string of the molecule is COc1ccc(N(C)C(=O)[C@H](Cc2ccccc2)NC(=O)/C=C\C(=O)N[C@@H](Cc2ccccc2)C(=O)N(C)c2ccc(OC)cc2)cc1. The van der Waals surface area contributed by atoms with Crippen LogP contribution >= 0.6 is 0 Å². The van der Waals surface area contributed by atoms with Gasteiger partial charge in [-0.2, -0.15) is 0 Å². The number of hydrogen-bond donors (Lipinski definition) is 2. The molecule has 0 heterocycles. The van der Waals surface area contributed by atoms with Crippen LogP contribution in [0, 0.1) is 0 Å². The van der Waals surface area contributed by atoms with Gasteiger partial charge in [-0.25, -0.2) is 0 Å². The lowest BCUT2D eigenvalue weighted by molar-refractivity contribution is -0.125. The van der Waals surface area contributed by atoms with Crippen LogP contribution < -0.4 is 29.9 Å². The molecule has 4 aromatic rings. The lowest BCUT2D eigenvalue weighted by atomic mass is 10.0. The van der Waals surface area contributed by atoms with Gasteiger partial charge in [0, 0.05) is 50.5 Å². The summed E-state index contributed by atoms with van der Waals surface area (Å²) in [5.41, 5.74) is 2.95. The van der Waals surface area contributed by atoms with E-state index < -0.39 is 23.9 Å². The van der Waals surface area contributed by atoms with Crippen LogP contribution in [-0.4, -0.2) is 64.0 Å². The molecule has 0 aromatic heterocycles. The summed E-state index contributed by atoms with van der Waals surface area (Å²) in [6, 6.07) is 30.8. The topological polar surface area (TPSA) is 117 Å². The number of hydrogen-bond acceptors (Lipinski definition) is 6. The van der Waals surface area contributed by atoms with E-state index in [2.05, 4.69) is 10.6 Å². The summed E-state index contributed by atoms with van der Waals surface area (Å²) in [4.78, 5) is 56.4. The van der Waals surface area contributed by atoms with E-state index in [-0.39, 0.29) is 24.7 Å². The number of rotatable bonds is 14. The van der Waals surface area contributed by atoms with Crippen LogP contribution in [0.1, 0.15) is 11.1 Å². The standard InChI is InChI=1S/C38H40N4O6/c1-41(29-15-19-31(47-3)20-16-29)37(45)33(25-27-11-7-5-8-12-27)39-35(43)23-24-36(44)40-34(26-28-13-9-6-10-14-28)38(46)42(2)30-17-21-32(48-4)22-18-30/h5-24,33-34H,25-26H2,1-4H3,(H,39,43)(H,40,44)/b24-23-/t33-,34-/m0/s1. The minimum atomic E-state index is -0.926. The molecule has 0 aliphatic carbocycles. The Morgan fingerprint density at radius 3 is 1.21 bits per heavy atom. The van der Waals surface area contributed by atoms with Crippen molar-refractivity contribution < 1.29 is 28.7 Å². The smallest absolute Gasteiger partial charge is 0.249 e. The highest BCUT2D eigenvalue weighted by Gasteiger charge is 2.27. The van der Waals surface area contributed by atoms with Crippen molar-refractivity contribution >= 4 is 35.0 Å². The molecule has 0 spiro atoms. The fourth-order valence-corrected chi connectivity index (χ4v) is 5.02. The lowest BCUT2D eigenvalue weighted by Gasteiger charge is -2.25. The summed E-state index contributed by atoms with van der Waals surface area (Å²) in [6.45, 7) is 0. The van der Waals surface area contributed by atoms with Crippen molar-refractivity contribution in [3.05, 3.63) is 132 Å². The molecule has 248 valence electrons. The fourth-order valence-electron chi connectivity index (χ4n) is 5.02. The molecule has 10 nitrogen and oxygen atoms in total. The minimum absolute atomic E-state index is 0.233. The van der Waals surface area contributed by atoms with E-state index in [0.717, 1.165) is 23.3 Å². The zero-order chi connectivity index (χ0) is 34.5. The Balaban J connectivity index is 1.47. The van der Waals surface area contributed by atoms with Crippen LogP contribution in [0.15, 0.2) is 121 Å². The Labute approximate surface area is 281 Å². The first-order chi connectivity index (χ1) is 23.2. The molecule has 2 N–H and O–H groups in total. The van der Waals surface area contributed by atoms with Crippen molar-refractivity contribution in [2.45, 2.75) is 24.9 Å². The van der Waals surface area contributed by atoms with E-state index in [1.165, 1.54) is 9.80 Å². The van der Waals surface area contributed by atoms with Crippen molar-refractivity contribution in [2.75, 3.05) is 38.1 Å². The molecule has 0 aliphatic rings. The van der Waals surface area contributed by atoms with Crippen LogP contribution in [-0.2, 0) is 32.0 Å². The number of amides is 4. The predicted octanol–water partition coefficient (Wildman–Crippen LogP) is 4.34. The Bertz CT molecular complexity index is 1570. The van der Waals surface area contributed by atoms with E-state index in [0.29, 0.717) is 22.9 Å². The first-order valence-electron chi connectivity index (χ1n) is 15.4. The fraction of sp³-hybridized carbons (Fsp3) is 0.211. The maximum Gasteiger partial charge on any atom is 0.249 e. The van der Waals surface area contributed by atoms with Gasteiger partial charge in [0.05, 0.1) is 14.2 Å². The molecule has 4 amide bonds. The van der Waals surface area contributed by atoms with Crippen LogP contribution in [0.2, 0.25) is 0 Å². The Morgan fingerprint density at radius 1 is 0.562 bits per heavy atom. The third-order valence-corrected chi connectivity index (χ3v) is 7.76. The van der Waals surface area contributed by atoms with Gasteiger partial charge in [-0.15, -0.1) is 0 Å². The summed E-state index contributed by atoms with van der Waals surface area (Å²) in [6.07, 6.45) is 2.59. The number of carbonyl (C=O) groups excluding carboxylic acids is 4. The predicted molar refractivity (Wildman–Crippen MR) is 186 cm³/mol. The van der Waals surface area contributed by atoms with Gasteiger partial charge in [0.25, 0.3) is 0 Å². The van der Waals surface area contributed by atoms with Gasteiger partial charge in [-0.05, 0) is 59.7 Å². The number of carbonyl (C=O) groups is 4. The van der Waals surface area contributed by atoms with E-state index >= 15 is 0 Å². The number of nitrogens with zero attached hydrogens (tertiary/aromatic N) is 2. The summed E-state index contributed by atoms with van der Waals surface area (Å²) >= 11 is 0. The van der Waals surface area contributed by atoms with E-state index in [4.69, 9.17) is 9.47 Å². The van der Waals surface area contributed by atoms with Crippen molar-refractivity contribution in [1.29, 1.82) is 0 Å². The van der Waals surface area contributed by atoms with Gasteiger partial charge < -0.3 is 29.9 Å². The summed E-state index contributed by atoms with van der Waals surface area (Å²) in [5.74, 6) is -0.655. The van der Waals surface area contributed by atoms with Gasteiger partial charge in [0.1, 0.15) is 23.6 Å². The summed E-state index contributed by atoms with van der Waals surface area (Å²) in [5, 5.41) is 5.50. The average Bonchev–Trinajstić information content (AvgIpc) is 3.13. The molecule has 0 saturated carbocycles. The Morgan fingerprint density at radius 2 is 0.896 bits per heavy atom. The number of likely N-dealkylation sites (N-methyl/N-ethyl adjacent to an activating group) is 2. The lowest BCUT2D eigenvalue weighted by Crippen LogP contribution is -2.49. The largest absolute Gasteiger partial charge is 0.497 e. The van der Waals surface area contributed by atoms with E-state index in [1.807, 2.05) is 60.7 Å². The third kappa shape index (κ3) is 9.80. The van der Waals surface area contributed by atoms with Crippen molar-refractivity contribution in [3.8, 4) is 11.5 Å². The molecule has 10 heteroatoms. The average molecular weight is 649 g/mol. The second-order valence-corrected chi connectivity index (χ2v) is 11.0. The maximum absolute atomic E-state index is 13.6. The normalized spacial score (nSPS) is 12.0. The molecule has 0 fully saturated rings. The zero-order valence-corrected chi connectivity index (χ0v) is 27.5. The number of anilines is 2. The molecular weight excluding hydrogens is 608 g/mol. The third-order valence-electron chi connectivity index (χ3n) is 7.76. The van der Waals surface area contributed by atoms with Gasteiger partial charge in [0.15, 0.2) is 0 Å². The molecule has 0 radical (unpaired) electrons. The molecule has 0 unspecified atom stereocenters. The van der Waals surface area contributed by atoms with Crippen molar-refractivity contribution in [3.63, 3.8) is 0 Å². The second-order valence-electron chi connectivity index (χ2n) is 11.0. The van der Waals surface area contributed by atoms with Gasteiger partial charge in [-0.3, -0.25) is 19.2 Å². The highest BCUT2D eigenvalue weighted by Crippen LogP contribution is 2.21. The quantitative estimate of drug-likeness (QED) is 0.197. The molecule has 0 bridgehead atoms. The van der Waals surface area contributed by atoms with Crippen LogP contribution in [0.25, 0.3) is 0 Å². The second kappa shape index (κ2) is 17.1. The highest BCUT2D eigenvalue weighted by molar-refractivity contribution is 6.04. The monoisotopic (exact) mass is 648 g/mol. The van der Waals surface area contributed by atoms with Gasteiger partial charge in [-0.1, -0.05) is 60.7 Å². The maximum atomic E-state index is 13.6. The molecule has 4 aromatic carbocycles. The number of methoxy groups -OCH3 is 2. The number of ether oxygens (including phenoxy) is 2. The van der Waals surface area contributed by atoms with Crippen LogP contribution in [0.5, 0.6) is 11.5 Å². The van der Waals surface area contributed by atoms with Crippen molar-refractivity contribution in [2.24, 2.45) is 0 Å². The van der Waals surface area contributed by atoms with Crippen LogP contribution in [0.4, 0.5) is 11.4 Å². The van der Waals surface area contributed by atoms with E-state index in [9.17, 15) is 19.2 Å². The van der Waals surface area contributed by atoms with Crippen molar-refractivity contribution in [1.82, 2.24) is 10.6 Å². The zero-order valence-electron chi connectivity index (χ0n) is 27.5. The molecule has 0 aliphatic heterocycles. The van der Waals surface area contributed by atoms with Crippen LogP contribution in [0.3, 0.4) is 0 Å². The van der Waals surface area contributed by atoms with Gasteiger partial charge >= 0.3 is 0 Å². The molecule has 48 heavy (non-hydrogen) atoms. The number of nitrogens with one attached hydrogen (secondary N) is 2. The Hall–Kier alpha value is -5.90. The first-order valence-corrected chi connectivity index (χ1v) is 15.4. The van der Waals surface area contributed by atoms with Gasteiger partial charge in [0.2, 0.25) is 23.6 Å². The number of benzene rings is 4. The van der Waals surface area contributed by atoms with E-state index in [1.54, 1.807) is 76.8 Å². The summed E-state index contributed by atoms with van der Waals surface area (Å²) in [7, 11) is 6.38. The Kier molecular flexibility index (Phi) is 12.5.